The maximum absolute atomic E-state index is 14.0. The van der Waals surface area contributed by atoms with Crippen molar-refractivity contribution in [2.24, 2.45) is 0 Å². The molecule has 0 aliphatic carbocycles. The van der Waals surface area contributed by atoms with E-state index in [4.69, 9.17) is 22.1 Å². The second-order valence-corrected chi connectivity index (χ2v) is 7.16. The van der Waals surface area contributed by atoms with Gasteiger partial charge >= 0.3 is 0 Å². The number of nitrogens with zero attached hydrogens (tertiary/aromatic N) is 1. The minimum Gasteiger partial charge on any atom is -0.396 e. The van der Waals surface area contributed by atoms with Crippen LogP contribution in [0, 0.1) is 5.82 Å². The average Bonchev–Trinajstić information content (AvgIpc) is 2.78. The van der Waals surface area contributed by atoms with Crippen molar-refractivity contribution in [1.82, 2.24) is 4.31 Å². The summed E-state index contributed by atoms with van der Waals surface area (Å²) in [4.78, 5) is -0.510. The molecule has 1 aromatic carbocycles. The van der Waals surface area contributed by atoms with Gasteiger partial charge in [0, 0.05) is 18.7 Å². The highest BCUT2D eigenvalue weighted by Gasteiger charge is 2.37. The first-order valence-electron chi connectivity index (χ1n) is 6.09. The number of ether oxygens (including phenoxy) is 1. The molecule has 0 aromatic heterocycles. The Kier molecular flexibility index (Phi) is 4.24. The molecule has 2 rings (SSSR count). The third kappa shape index (κ3) is 2.63. The van der Waals surface area contributed by atoms with Gasteiger partial charge in [0.05, 0.1) is 17.8 Å². The van der Waals surface area contributed by atoms with E-state index >= 15 is 0 Å². The lowest BCUT2D eigenvalue weighted by atomic mass is 10.2. The van der Waals surface area contributed by atoms with E-state index in [1.807, 2.05) is 0 Å². The Bertz CT molecular complexity index is 623. The van der Waals surface area contributed by atoms with Gasteiger partial charge in [-0.15, -0.1) is 0 Å². The van der Waals surface area contributed by atoms with Gasteiger partial charge in [0.2, 0.25) is 10.0 Å². The molecule has 1 heterocycles. The number of hydrogen-bond acceptors (Lipinski definition) is 4. The normalized spacial score (nSPS) is 23.4. The number of nitrogens with two attached hydrogens (primary N) is 1. The number of halogens is 2. The summed E-state index contributed by atoms with van der Waals surface area (Å²) < 4.78 is 45.5. The number of benzene rings is 1. The van der Waals surface area contributed by atoms with Crippen LogP contribution in [0.4, 0.5) is 10.1 Å². The molecule has 1 aromatic rings. The fraction of sp³-hybridized carbons (Fsp3) is 0.500. The molecule has 20 heavy (non-hydrogen) atoms. The van der Waals surface area contributed by atoms with E-state index in [-0.39, 0.29) is 22.9 Å². The Balaban J connectivity index is 2.45. The molecule has 112 valence electrons. The molecule has 8 heteroatoms. The van der Waals surface area contributed by atoms with Crippen LogP contribution in [0.3, 0.4) is 0 Å². The van der Waals surface area contributed by atoms with E-state index in [1.54, 1.807) is 6.92 Å². The second kappa shape index (κ2) is 5.48. The summed E-state index contributed by atoms with van der Waals surface area (Å²) in [5.41, 5.74) is 5.14. The largest absolute Gasteiger partial charge is 0.396 e. The minimum absolute atomic E-state index is 0.0756. The Morgan fingerprint density at radius 2 is 2.15 bits per heavy atom. The molecule has 1 aliphatic rings. The van der Waals surface area contributed by atoms with Crippen molar-refractivity contribution >= 4 is 27.3 Å². The van der Waals surface area contributed by atoms with Gasteiger partial charge in [-0.05, 0) is 25.5 Å². The van der Waals surface area contributed by atoms with Crippen LogP contribution in [0.5, 0.6) is 0 Å². The molecule has 1 saturated heterocycles. The fourth-order valence-corrected chi connectivity index (χ4v) is 4.16. The zero-order valence-electron chi connectivity index (χ0n) is 11.1. The maximum atomic E-state index is 14.0. The molecule has 2 N–H and O–H groups in total. The summed E-state index contributed by atoms with van der Waals surface area (Å²) in [5, 5.41) is 0.0756. The van der Waals surface area contributed by atoms with Crippen molar-refractivity contribution in [2.45, 2.75) is 30.4 Å². The van der Waals surface area contributed by atoms with Gasteiger partial charge < -0.3 is 10.5 Å². The highest BCUT2D eigenvalue weighted by atomic mass is 35.5. The summed E-state index contributed by atoms with van der Waals surface area (Å²) >= 11 is 5.77. The van der Waals surface area contributed by atoms with Crippen LogP contribution >= 0.6 is 11.6 Å². The molecule has 5 nitrogen and oxygen atoms in total. The fourth-order valence-electron chi connectivity index (χ4n) is 2.30. The third-order valence-corrected chi connectivity index (χ3v) is 5.59. The van der Waals surface area contributed by atoms with E-state index in [0.717, 1.165) is 10.4 Å². The van der Waals surface area contributed by atoms with Crippen LogP contribution in [0.2, 0.25) is 5.02 Å². The van der Waals surface area contributed by atoms with E-state index in [2.05, 4.69) is 0 Å². The van der Waals surface area contributed by atoms with Crippen molar-refractivity contribution < 1.29 is 17.5 Å². The topological polar surface area (TPSA) is 72.6 Å². The molecule has 2 unspecified atom stereocenters. The molecular weight excluding hydrogens is 307 g/mol. The van der Waals surface area contributed by atoms with Crippen molar-refractivity contribution in [1.29, 1.82) is 0 Å². The van der Waals surface area contributed by atoms with Crippen LogP contribution < -0.4 is 5.73 Å². The molecule has 0 saturated carbocycles. The lowest BCUT2D eigenvalue weighted by molar-refractivity contribution is 0.102. The van der Waals surface area contributed by atoms with Crippen LogP contribution in [-0.4, -0.2) is 38.5 Å². The van der Waals surface area contributed by atoms with Crippen molar-refractivity contribution in [3.8, 4) is 0 Å². The highest BCUT2D eigenvalue weighted by Crippen LogP contribution is 2.30. The monoisotopic (exact) mass is 322 g/mol. The molecule has 1 fully saturated rings. The molecule has 0 bridgehead atoms. The summed E-state index contributed by atoms with van der Waals surface area (Å²) in [6, 6.07) is 1.91. The van der Waals surface area contributed by atoms with Crippen LogP contribution in [0.25, 0.3) is 0 Å². The Morgan fingerprint density at radius 1 is 1.50 bits per heavy atom. The van der Waals surface area contributed by atoms with Crippen molar-refractivity contribution in [3.63, 3.8) is 0 Å². The Morgan fingerprint density at radius 3 is 2.70 bits per heavy atom. The highest BCUT2D eigenvalue weighted by molar-refractivity contribution is 7.89. The van der Waals surface area contributed by atoms with E-state index < -0.39 is 20.7 Å². The first-order chi connectivity index (χ1) is 9.25. The van der Waals surface area contributed by atoms with Gasteiger partial charge in [0.25, 0.3) is 0 Å². The van der Waals surface area contributed by atoms with E-state index in [9.17, 15) is 12.8 Å². The molecule has 1 aliphatic heterocycles. The van der Waals surface area contributed by atoms with Gasteiger partial charge in [-0.25, -0.2) is 12.8 Å². The summed E-state index contributed by atoms with van der Waals surface area (Å²) in [7, 11) is -2.61. The number of anilines is 1. The van der Waals surface area contributed by atoms with Crippen molar-refractivity contribution in [3.05, 3.63) is 23.0 Å². The number of sulfonamides is 1. The predicted molar refractivity (Wildman–Crippen MR) is 74.6 cm³/mol. The summed E-state index contributed by atoms with van der Waals surface area (Å²) in [5.74, 6) is -0.979. The number of nitrogen functional groups attached to an aromatic ring is 1. The van der Waals surface area contributed by atoms with Crippen molar-refractivity contribution in [2.75, 3.05) is 19.4 Å². The first-order valence-corrected chi connectivity index (χ1v) is 7.91. The maximum Gasteiger partial charge on any atom is 0.246 e. The van der Waals surface area contributed by atoms with E-state index in [1.165, 1.54) is 13.1 Å². The van der Waals surface area contributed by atoms with Gasteiger partial charge in [0.1, 0.15) is 4.90 Å². The molecule has 2 atom stereocenters. The van der Waals surface area contributed by atoms with Gasteiger partial charge in [-0.3, -0.25) is 0 Å². The van der Waals surface area contributed by atoms with Crippen LogP contribution in [0.1, 0.15) is 13.3 Å². The number of rotatable bonds is 3. The Labute approximate surface area is 122 Å². The number of likely N-dealkylation sites (N-methyl/N-ethyl adjacent to an activating group) is 1. The Hall–Kier alpha value is -0.890. The first kappa shape index (κ1) is 15.5. The second-order valence-electron chi connectivity index (χ2n) is 4.76. The zero-order chi connectivity index (χ0) is 15.1. The van der Waals surface area contributed by atoms with Gasteiger partial charge in [0.15, 0.2) is 5.82 Å². The van der Waals surface area contributed by atoms with Crippen LogP contribution in [-0.2, 0) is 14.8 Å². The molecule has 0 amide bonds. The van der Waals surface area contributed by atoms with Gasteiger partial charge in [-0.1, -0.05) is 11.6 Å². The predicted octanol–water partition coefficient (Wildman–Crippen LogP) is 1.86. The molecule has 0 spiro atoms. The zero-order valence-corrected chi connectivity index (χ0v) is 12.7. The lowest BCUT2D eigenvalue weighted by Gasteiger charge is -2.26. The standard InChI is InChI=1S/C12H16ClFN2O3S/c1-7-10(3-4-19-7)16(2)20(17,18)11-6-8(13)5-9(15)12(11)14/h5-7,10H,3-4,15H2,1-2H3. The molecule has 0 radical (unpaired) electrons. The van der Waals surface area contributed by atoms with Crippen LogP contribution in [0.15, 0.2) is 17.0 Å². The van der Waals surface area contributed by atoms with Gasteiger partial charge in [-0.2, -0.15) is 4.31 Å². The quantitative estimate of drug-likeness (QED) is 0.862. The lowest BCUT2D eigenvalue weighted by Crippen LogP contribution is -2.41. The smallest absolute Gasteiger partial charge is 0.246 e. The summed E-state index contributed by atoms with van der Waals surface area (Å²) in [6.45, 7) is 2.26. The molecular formula is C12H16ClFN2O3S. The number of hydrogen-bond donors (Lipinski definition) is 1. The van der Waals surface area contributed by atoms with E-state index in [0.29, 0.717) is 13.0 Å². The summed E-state index contributed by atoms with van der Waals surface area (Å²) in [6.07, 6.45) is 0.323. The average molecular weight is 323 g/mol. The minimum atomic E-state index is -4.02. The third-order valence-electron chi connectivity index (χ3n) is 3.49. The SMILES string of the molecule is CC1OCCC1N(C)S(=O)(=O)c1cc(Cl)cc(N)c1F.